The van der Waals surface area contributed by atoms with Crippen molar-refractivity contribution in [3.63, 3.8) is 0 Å². The minimum Gasteiger partial charge on any atom is -0.458 e. The highest BCUT2D eigenvalue weighted by Gasteiger charge is 2.32. The van der Waals surface area contributed by atoms with E-state index in [-0.39, 0.29) is 27.1 Å². The van der Waals surface area contributed by atoms with Crippen LogP contribution in [0, 0.1) is 6.33 Å². The first kappa shape index (κ1) is 45.4. The first-order valence-corrected chi connectivity index (χ1v) is 23.8. The fourth-order valence-corrected chi connectivity index (χ4v) is 9.51. The van der Waals surface area contributed by atoms with Crippen molar-refractivity contribution >= 4 is 21.8 Å². The Kier molecular flexibility index (Phi) is 11.2. The Hall–Kier alpha value is -6.72. The average Bonchev–Trinajstić information content (AvgIpc) is 3.90. The van der Waals surface area contributed by atoms with Crippen LogP contribution in [0.25, 0.3) is 39.0 Å². The molecular weight excluding hydrogens is 817 g/mol. The van der Waals surface area contributed by atoms with Crippen LogP contribution in [-0.2, 0) is 27.1 Å². The summed E-state index contributed by atoms with van der Waals surface area (Å²) in [4.78, 5) is 4.97. The molecule has 67 heavy (non-hydrogen) atoms. The van der Waals surface area contributed by atoms with Crippen LogP contribution in [0.15, 0.2) is 164 Å². The van der Waals surface area contributed by atoms with Gasteiger partial charge in [0.05, 0.1) is 28.1 Å². The van der Waals surface area contributed by atoms with Gasteiger partial charge < -0.3 is 4.74 Å². The van der Waals surface area contributed by atoms with E-state index in [1.807, 2.05) is 12.3 Å². The van der Waals surface area contributed by atoms with Gasteiger partial charge >= 0.3 is 0 Å². The van der Waals surface area contributed by atoms with Crippen molar-refractivity contribution in [3.8, 4) is 28.7 Å². The molecule has 5 heteroatoms. The molecule has 5 nitrogen and oxygen atoms in total. The third kappa shape index (κ3) is 8.61. The second kappa shape index (κ2) is 16.6. The van der Waals surface area contributed by atoms with E-state index in [4.69, 9.17) is 9.72 Å². The molecular formula is C62H66N4O. The molecule has 0 saturated heterocycles. The molecule has 0 spiro atoms. The largest absolute Gasteiger partial charge is 0.458 e. The van der Waals surface area contributed by atoms with Crippen LogP contribution in [-0.4, -0.2) is 14.1 Å². The number of rotatable bonds is 9. The summed E-state index contributed by atoms with van der Waals surface area (Å²) < 4.78 is 13.7. The van der Waals surface area contributed by atoms with E-state index in [0.29, 0.717) is 0 Å². The van der Waals surface area contributed by atoms with Gasteiger partial charge in [0, 0.05) is 40.1 Å². The number of para-hydroxylation sites is 1. The second-order valence-electron chi connectivity index (χ2n) is 22.5. The second-order valence-corrected chi connectivity index (χ2v) is 22.5. The molecule has 3 aromatic heterocycles. The lowest BCUT2D eigenvalue weighted by atomic mass is 9.75. The molecule has 0 N–H and O–H groups in total. The summed E-state index contributed by atoms with van der Waals surface area (Å²) in [6.07, 6.45) is 8.04. The maximum absolute atomic E-state index is 6.99. The molecule has 340 valence electrons. The average molecular weight is 883 g/mol. The first-order valence-electron chi connectivity index (χ1n) is 23.8. The Labute approximate surface area is 398 Å². The van der Waals surface area contributed by atoms with Crippen molar-refractivity contribution in [2.75, 3.05) is 0 Å². The van der Waals surface area contributed by atoms with Crippen LogP contribution in [0.4, 0.5) is 0 Å². The van der Waals surface area contributed by atoms with Crippen molar-refractivity contribution in [3.05, 3.63) is 209 Å². The highest BCUT2D eigenvalue weighted by atomic mass is 16.5. The van der Waals surface area contributed by atoms with E-state index in [9.17, 15) is 0 Å². The van der Waals surface area contributed by atoms with Crippen molar-refractivity contribution in [1.29, 1.82) is 0 Å². The summed E-state index contributed by atoms with van der Waals surface area (Å²) in [5.41, 5.74) is 11.9. The number of nitrogens with zero attached hydrogens (tertiary/aromatic N) is 4. The van der Waals surface area contributed by atoms with Gasteiger partial charge in [0.25, 0.3) is 6.33 Å². The van der Waals surface area contributed by atoms with Gasteiger partial charge in [0.2, 0.25) is 0 Å². The molecule has 0 atom stereocenters. The van der Waals surface area contributed by atoms with Crippen molar-refractivity contribution < 1.29 is 9.30 Å². The molecule has 0 amide bonds. The summed E-state index contributed by atoms with van der Waals surface area (Å²) >= 11 is 0. The van der Waals surface area contributed by atoms with Crippen molar-refractivity contribution in [1.82, 2.24) is 14.1 Å². The molecule has 0 aliphatic rings. The first-order chi connectivity index (χ1) is 31.6. The van der Waals surface area contributed by atoms with Crippen LogP contribution in [0.3, 0.4) is 0 Å². The number of ether oxygens (including phenoxy) is 1. The van der Waals surface area contributed by atoms with Crippen LogP contribution in [0.5, 0.6) is 11.5 Å². The van der Waals surface area contributed by atoms with Gasteiger partial charge in [-0.3, -0.25) is 13.7 Å². The number of hydrogen-bond acceptors (Lipinski definition) is 2. The molecule has 0 radical (unpaired) electrons. The van der Waals surface area contributed by atoms with Crippen LogP contribution in [0.1, 0.15) is 129 Å². The zero-order valence-corrected chi connectivity index (χ0v) is 41.8. The third-order valence-corrected chi connectivity index (χ3v) is 13.8. The van der Waals surface area contributed by atoms with Gasteiger partial charge in [-0.2, -0.15) is 0 Å². The summed E-state index contributed by atoms with van der Waals surface area (Å²) in [5, 5.41) is 2.42. The molecule has 0 aliphatic heterocycles. The standard InChI is InChI=1S/C62H66N4O/c1-58(2,3)44-31-32-63-56(36-44)66-53-30-21-20-29-51(53)57-52(60(7,8)9)38-50(39-54(57)66)67-49-28-22-27-47(37-49)64-40-55(62(12,13)43-25-18-15-19-26-43)65(41-64)48-34-45(59(4,5)6)33-46(35-48)61(10,11)42-23-16-14-17-24-42/h14-40H,1-13H3. The maximum Gasteiger partial charge on any atom is 0.269 e. The van der Waals surface area contributed by atoms with E-state index >= 15 is 0 Å². The zero-order valence-electron chi connectivity index (χ0n) is 41.8. The normalized spacial score (nSPS) is 12.9. The van der Waals surface area contributed by atoms with E-state index in [1.54, 1.807) is 0 Å². The Balaban J connectivity index is 1.19. The number of hydrogen-bond donors (Lipinski definition) is 0. The van der Waals surface area contributed by atoms with Crippen molar-refractivity contribution in [2.45, 2.75) is 117 Å². The van der Waals surface area contributed by atoms with E-state index in [2.05, 4.69) is 262 Å². The monoisotopic (exact) mass is 883 g/mol. The third-order valence-electron chi connectivity index (χ3n) is 13.8. The molecule has 0 saturated carbocycles. The molecule has 3 heterocycles. The van der Waals surface area contributed by atoms with E-state index in [0.717, 1.165) is 45.4 Å². The summed E-state index contributed by atoms with van der Waals surface area (Å²) in [6.45, 7) is 29.8. The lowest BCUT2D eigenvalue weighted by Crippen LogP contribution is -2.41. The minimum atomic E-state index is -0.373. The smallest absolute Gasteiger partial charge is 0.269 e. The van der Waals surface area contributed by atoms with Crippen molar-refractivity contribution in [2.24, 2.45) is 0 Å². The van der Waals surface area contributed by atoms with Gasteiger partial charge in [-0.25, -0.2) is 4.98 Å². The highest BCUT2D eigenvalue weighted by molar-refractivity contribution is 6.11. The molecule has 0 unspecified atom stereocenters. The van der Waals surface area contributed by atoms with Gasteiger partial charge in [-0.15, -0.1) is 0 Å². The fraction of sp³-hybridized carbons (Fsp3) is 0.290. The van der Waals surface area contributed by atoms with Crippen LogP contribution >= 0.6 is 0 Å². The quantitative estimate of drug-likeness (QED) is 0.107. The van der Waals surface area contributed by atoms with Gasteiger partial charge in [0.1, 0.15) is 17.3 Å². The fourth-order valence-electron chi connectivity index (χ4n) is 9.51. The van der Waals surface area contributed by atoms with Gasteiger partial charge in [-0.1, -0.05) is 181 Å². The lowest BCUT2D eigenvalue weighted by molar-refractivity contribution is -0.611. The van der Waals surface area contributed by atoms with Crippen LogP contribution in [0.2, 0.25) is 0 Å². The van der Waals surface area contributed by atoms with E-state index in [1.165, 1.54) is 44.2 Å². The number of pyridine rings is 1. The summed E-state index contributed by atoms with van der Waals surface area (Å²) in [5.74, 6) is 2.41. The maximum atomic E-state index is 6.99. The predicted octanol–water partition coefficient (Wildman–Crippen LogP) is 15.4. The lowest BCUT2D eigenvalue weighted by Gasteiger charge is -2.31. The molecule has 9 aromatic rings. The Bertz CT molecular complexity index is 3250. The SMILES string of the molecule is CC(C)(C)c1cc(-[n+]2[c-]n(-c3cccc(Oc4cc(C(C)(C)C)c5c6ccccc6n(-c6cc(C(C)(C)C)ccn6)c5c4)c3)cc2C(C)(C)c2ccccc2)cc(C(C)(C)c2ccccc2)c1. The Morgan fingerprint density at radius 1 is 0.493 bits per heavy atom. The van der Waals surface area contributed by atoms with Gasteiger partial charge in [0.15, 0.2) is 0 Å². The van der Waals surface area contributed by atoms with Gasteiger partial charge in [-0.05, 0) is 104 Å². The molecule has 0 aliphatic carbocycles. The number of imidazole rings is 1. The summed E-state index contributed by atoms with van der Waals surface area (Å²) in [7, 11) is 0. The number of fused-ring (bicyclic) bond motifs is 3. The molecule has 6 aromatic carbocycles. The summed E-state index contributed by atoms with van der Waals surface area (Å²) in [6, 6.07) is 54.6. The van der Waals surface area contributed by atoms with Crippen LogP contribution < -0.4 is 9.30 Å². The minimum absolute atomic E-state index is 0.0283. The zero-order chi connectivity index (χ0) is 47.7. The van der Waals surface area contributed by atoms with E-state index < -0.39 is 0 Å². The molecule has 0 fully saturated rings. The number of benzene rings is 6. The Morgan fingerprint density at radius 3 is 1.78 bits per heavy atom. The number of aromatic nitrogens is 4. The molecule has 9 rings (SSSR count). The molecule has 0 bridgehead atoms. The predicted molar refractivity (Wildman–Crippen MR) is 278 cm³/mol. The highest BCUT2D eigenvalue weighted by Crippen LogP contribution is 2.43. The Morgan fingerprint density at radius 2 is 1.12 bits per heavy atom. The topological polar surface area (TPSA) is 35.9 Å².